The van der Waals surface area contributed by atoms with Crippen molar-refractivity contribution < 1.29 is 29.0 Å². The molecule has 3 amide bonds. The number of aromatic nitrogens is 3. The number of carboxylic acids is 1. The molecule has 1 unspecified atom stereocenters. The number of carboxylic acid groups (broad SMARTS) is 1. The molecule has 3 aromatic rings. The van der Waals surface area contributed by atoms with E-state index < -0.39 is 46.5 Å². The Bertz CT molecular complexity index is 1480. The number of aliphatic carboxylic acids is 1. The summed E-state index contributed by atoms with van der Waals surface area (Å²) in [5, 5.41) is 20.9. The van der Waals surface area contributed by atoms with Gasteiger partial charge in [0.2, 0.25) is 5.91 Å². The molecule has 1 aliphatic rings. The van der Waals surface area contributed by atoms with Gasteiger partial charge in [-0.3, -0.25) is 4.79 Å². The molecule has 3 heterocycles. The van der Waals surface area contributed by atoms with E-state index in [1.807, 2.05) is 47.6 Å². The van der Waals surface area contributed by atoms with Gasteiger partial charge >= 0.3 is 12.0 Å². The van der Waals surface area contributed by atoms with Crippen LogP contribution in [0, 0.1) is 5.41 Å². The summed E-state index contributed by atoms with van der Waals surface area (Å²) in [5.74, 6) is -0.0647. The highest BCUT2D eigenvalue weighted by Gasteiger charge is 2.53. The number of ether oxygens (including phenoxy) is 2. The molecule has 3 atom stereocenters. The molecule has 0 saturated carbocycles. The summed E-state index contributed by atoms with van der Waals surface area (Å²) < 4.78 is 13.4. The van der Waals surface area contributed by atoms with Crippen LogP contribution in [0.4, 0.5) is 4.79 Å². The number of rotatable bonds is 7. The maximum atomic E-state index is 14.0. The van der Waals surface area contributed by atoms with Gasteiger partial charge in [0, 0.05) is 41.9 Å². The second kappa shape index (κ2) is 11.1. The monoisotopic (exact) mass is 580 g/mol. The summed E-state index contributed by atoms with van der Waals surface area (Å²) >= 11 is 0. The predicted molar refractivity (Wildman–Crippen MR) is 157 cm³/mol. The number of hydrogen-bond donors (Lipinski definition) is 3. The summed E-state index contributed by atoms with van der Waals surface area (Å²) in [6.45, 7) is 12.5. The lowest BCUT2D eigenvalue weighted by Gasteiger charge is -2.38. The van der Waals surface area contributed by atoms with Crippen LogP contribution in [0.5, 0.6) is 11.5 Å². The van der Waals surface area contributed by atoms with Crippen LogP contribution in [0.2, 0.25) is 0 Å². The Balaban J connectivity index is 1.68. The second-order valence-corrected chi connectivity index (χ2v) is 12.9. The lowest BCUT2D eigenvalue weighted by atomic mass is 9.85. The molecule has 12 nitrogen and oxygen atoms in total. The van der Waals surface area contributed by atoms with Gasteiger partial charge in [0.15, 0.2) is 5.82 Å². The minimum atomic E-state index is -1.57. The lowest BCUT2D eigenvalue weighted by molar-refractivity contribution is -0.157. The number of hydrogen-bond acceptors (Lipinski definition) is 7. The van der Waals surface area contributed by atoms with E-state index in [1.165, 1.54) is 11.8 Å². The fourth-order valence-corrected chi connectivity index (χ4v) is 5.04. The molecular weight excluding hydrogens is 540 g/mol. The third-order valence-corrected chi connectivity index (χ3v) is 7.21. The molecule has 0 radical (unpaired) electrons. The number of amides is 3. The first-order valence-electron chi connectivity index (χ1n) is 13.8. The fraction of sp³-hybridized carbons (Fsp3) is 0.500. The van der Waals surface area contributed by atoms with Gasteiger partial charge in [0.25, 0.3) is 0 Å². The number of carbonyl (C=O) groups excluding carboxylic acids is 2. The van der Waals surface area contributed by atoms with Crippen molar-refractivity contribution in [3.63, 3.8) is 0 Å². The minimum absolute atomic E-state index is 0.00779. The molecule has 1 aliphatic heterocycles. The highest BCUT2D eigenvalue weighted by atomic mass is 16.5. The van der Waals surface area contributed by atoms with Gasteiger partial charge in [-0.05, 0) is 51.3 Å². The molecule has 226 valence electrons. The topological polar surface area (TPSA) is 148 Å². The van der Waals surface area contributed by atoms with Crippen LogP contribution in [0.1, 0.15) is 54.9 Å². The molecule has 3 N–H and O–H groups in total. The van der Waals surface area contributed by atoms with Crippen LogP contribution < -0.4 is 20.1 Å². The molecule has 2 aromatic heterocycles. The third kappa shape index (κ3) is 6.42. The predicted octanol–water partition coefficient (Wildman–Crippen LogP) is 3.76. The summed E-state index contributed by atoms with van der Waals surface area (Å²) in [6.07, 6.45) is 2.77. The van der Waals surface area contributed by atoms with Gasteiger partial charge in [-0.1, -0.05) is 20.8 Å². The number of likely N-dealkylation sites (tertiary alicyclic amines) is 1. The zero-order valence-electron chi connectivity index (χ0n) is 25.4. The molecular formula is C30H40N6O6. The van der Waals surface area contributed by atoms with Crippen LogP contribution in [-0.2, 0) is 9.59 Å². The van der Waals surface area contributed by atoms with Crippen molar-refractivity contribution in [2.45, 2.75) is 78.1 Å². The molecule has 0 bridgehead atoms. The highest BCUT2D eigenvalue weighted by Crippen LogP contribution is 2.37. The fourth-order valence-electron chi connectivity index (χ4n) is 5.04. The first-order chi connectivity index (χ1) is 19.5. The van der Waals surface area contributed by atoms with Crippen molar-refractivity contribution in [2.75, 3.05) is 13.7 Å². The second-order valence-electron chi connectivity index (χ2n) is 12.9. The van der Waals surface area contributed by atoms with Crippen molar-refractivity contribution in [3.8, 4) is 17.3 Å². The largest absolute Gasteiger partial charge is 0.497 e. The van der Waals surface area contributed by atoms with Gasteiger partial charge in [-0.2, -0.15) is 5.10 Å². The molecule has 42 heavy (non-hydrogen) atoms. The Morgan fingerprint density at radius 3 is 2.43 bits per heavy atom. The zero-order valence-corrected chi connectivity index (χ0v) is 25.4. The molecule has 0 aliphatic carbocycles. The van der Waals surface area contributed by atoms with Crippen molar-refractivity contribution in [3.05, 3.63) is 42.7 Å². The molecule has 12 heteroatoms. The van der Waals surface area contributed by atoms with Crippen LogP contribution in [-0.4, -0.2) is 79.6 Å². The maximum Gasteiger partial charge on any atom is 0.329 e. The van der Waals surface area contributed by atoms with Crippen LogP contribution in [0.25, 0.3) is 16.7 Å². The first kappa shape index (κ1) is 30.6. The number of nitrogens with one attached hydrogen (secondary N) is 2. The number of benzene rings is 1. The van der Waals surface area contributed by atoms with E-state index in [2.05, 4.69) is 15.7 Å². The summed E-state index contributed by atoms with van der Waals surface area (Å²) in [7, 11) is 1.57. The maximum absolute atomic E-state index is 14.0. The van der Waals surface area contributed by atoms with Gasteiger partial charge < -0.3 is 30.1 Å². The number of carbonyl (C=O) groups is 3. The van der Waals surface area contributed by atoms with E-state index >= 15 is 0 Å². The first-order valence-corrected chi connectivity index (χ1v) is 13.8. The smallest absolute Gasteiger partial charge is 0.329 e. The normalized spacial score (nSPS) is 19.8. The van der Waals surface area contributed by atoms with Gasteiger partial charge in [-0.25, -0.2) is 19.3 Å². The lowest BCUT2D eigenvalue weighted by Crippen LogP contribution is -2.62. The molecule has 0 spiro atoms. The van der Waals surface area contributed by atoms with Crippen LogP contribution >= 0.6 is 0 Å². The van der Waals surface area contributed by atoms with E-state index in [1.54, 1.807) is 48.5 Å². The van der Waals surface area contributed by atoms with Crippen molar-refractivity contribution in [1.82, 2.24) is 30.3 Å². The Hall–Kier alpha value is -4.35. The Kier molecular flexibility index (Phi) is 8.12. The van der Waals surface area contributed by atoms with Crippen molar-refractivity contribution in [1.29, 1.82) is 0 Å². The molecule has 1 fully saturated rings. The van der Waals surface area contributed by atoms with Gasteiger partial charge in [0.1, 0.15) is 29.2 Å². The van der Waals surface area contributed by atoms with Crippen LogP contribution in [0.3, 0.4) is 0 Å². The number of fused-ring (bicyclic) bond motifs is 1. The molecule has 1 saturated heterocycles. The van der Waals surface area contributed by atoms with E-state index in [9.17, 15) is 19.5 Å². The number of nitrogens with zero attached hydrogens (tertiary/aromatic N) is 4. The Morgan fingerprint density at radius 1 is 1.14 bits per heavy atom. The third-order valence-electron chi connectivity index (χ3n) is 7.21. The zero-order chi connectivity index (χ0) is 31.0. The molecule has 1 aromatic carbocycles. The summed E-state index contributed by atoms with van der Waals surface area (Å²) in [5.41, 5.74) is -2.19. The molecule has 4 rings (SSSR count). The van der Waals surface area contributed by atoms with Gasteiger partial charge in [-0.15, -0.1) is 0 Å². The van der Waals surface area contributed by atoms with Gasteiger partial charge in [0.05, 0.1) is 19.2 Å². The quantitative estimate of drug-likeness (QED) is 0.383. The van der Waals surface area contributed by atoms with E-state index in [0.717, 1.165) is 0 Å². The average Bonchev–Trinajstić information content (AvgIpc) is 3.53. The summed E-state index contributed by atoms with van der Waals surface area (Å²) in [6, 6.07) is 7.41. The SMILES string of the molecule is COc1ccc2c(O[C@H]3CN(C(=O)C(NC(=O)NC(C)(C)C)C(C)(C)C)[C@](C)(C(=O)O)C3)cc(-n3cccn3)nc2c1. The van der Waals surface area contributed by atoms with E-state index in [0.29, 0.717) is 28.2 Å². The average molecular weight is 581 g/mol. The van der Waals surface area contributed by atoms with E-state index in [4.69, 9.17) is 14.5 Å². The Morgan fingerprint density at radius 2 is 1.86 bits per heavy atom. The number of urea groups is 1. The van der Waals surface area contributed by atoms with Crippen LogP contribution in [0.15, 0.2) is 42.7 Å². The number of pyridine rings is 1. The highest BCUT2D eigenvalue weighted by molar-refractivity contribution is 5.93. The van der Waals surface area contributed by atoms with E-state index in [-0.39, 0.29) is 13.0 Å². The number of methoxy groups -OCH3 is 1. The minimum Gasteiger partial charge on any atom is -0.497 e. The van der Waals surface area contributed by atoms with Crippen molar-refractivity contribution in [2.24, 2.45) is 5.41 Å². The summed E-state index contributed by atoms with van der Waals surface area (Å²) in [4.78, 5) is 45.5. The standard InChI is InChI=1S/C30H40N6O6/c1-28(2,3)24(33-27(40)34-29(4,5)6)25(37)35-17-19(16-30(35,7)26(38)39)42-22-15-23(36-13-9-12-31-36)32-21-14-18(41-8)10-11-20(21)22/h9-15,19,24H,16-17H2,1-8H3,(H,38,39)(H2,33,34,40)/t19-,24?,30+/m1/s1. The Labute approximate surface area is 245 Å². The van der Waals surface area contributed by atoms with Crippen molar-refractivity contribution >= 4 is 28.8 Å².